The van der Waals surface area contributed by atoms with E-state index in [1.165, 1.54) is 10.8 Å². The third kappa shape index (κ3) is 5.56. The predicted molar refractivity (Wildman–Crippen MR) is 184 cm³/mol. The number of carbonyl (C=O) groups is 2. The van der Waals surface area contributed by atoms with Gasteiger partial charge in [0.1, 0.15) is 12.9 Å². The van der Waals surface area contributed by atoms with Gasteiger partial charge in [0.2, 0.25) is 11.7 Å². The number of likely N-dealkylation sites (tertiary alicyclic amines) is 1. The van der Waals surface area contributed by atoms with Gasteiger partial charge >= 0.3 is 6.18 Å². The van der Waals surface area contributed by atoms with E-state index in [9.17, 15) is 32.7 Å². The van der Waals surface area contributed by atoms with E-state index in [-0.39, 0.29) is 52.1 Å². The Hall–Kier alpha value is -5.27. The van der Waals surface area contributed by atoms with Gasteiger partial charge in [-0.15, -0.1) is 11.5 Å². The number of hydrogen-bond donors (Lipinski definition) is 2. The molecular formula is C36H32ClF3N8O5. The molecule has 1 saturated carbocycles. The summed E-state index contributed by atoms with van der Waals surface area (Å²) in [6.45, 7) is 2.20. The van der Waals surface area contributed by atoms with Gasteiger partial charge < -0.3 is 24.6 Å². The Labute approximate surface area is 304 Å². The zero-order chi connectivity index (χ0) is 37.4. The number of terminal acetylenes is 1. The Balaban J connectivity index is 1.22. The first-order valence-corrected chi connectivity index (χ1v) is 17.5. The SMILES string of the molecule is C#C[C@H]1C[C@@]2(CCN(C(=O)c3ncnc(C)c3O)[C@H]3CC[C@H]32)c2c1n(CC(=O)Nc1ccc(C(F)(F)F)cc1Cl)c1nc(C3=CCOCC3)nn1c2=O. The van der Waals surface area contributed by atoms with Crippen LogP contribution in [0.25, 0.3) is 11.4 Å². The Morgan fingerprint density at radius 2 is 2.06 bits per heavy atom. The number of nitrogens with zero attached hydrogens (tertiary/aromatic N) is 7. The van der Waals surface area contributed by atoms with Gasteiger partial charge in [0.15, 0.2) is 17.3 Å². The predicted octanol–water partition coefficient (Wildman–Crippen LogP) is 4.49. The molecule has 4 aliphatic rings. The minimum absolute atomic E-state index is 0.0304. The minimum Gasteiger partial charge on any atom is -0.504 e. The maximum absolute atomic E-state index is 14.7. The molecule has 0 radical (unpaired) electrons. The maximum Gasteiger partial charge on any atom is 0.416 e. The van der Waals surface area contributed by atoms with E-state index < -0.39 is 47.0 Å². The van der Waals surface area contributed by atoms with Crippen LogP contribution in [0.1, 0.15) is 76.8 Å². The third-order valence-corrected chi connectivity index (χ3v) is 11.4. The summed E-state index contributed by atoms with van der Waals surface area (Å²) in [5.41, 5.74) is -0.388. The molecule has 17 heteroatoms. The van der Waals surface area contributed by atoms with Crippen LogP contribution in [0.2, 0.25) is 5.02 Å². The van der Waals surface area contributed by atoms with E-state index in [1.54, 1.807) is 16.4 Å². The normalized spacial score (nSPS) is 23.6. The summed E-state index contributed by atoms with van der Waals surface area (Å²) in [5.74, 6) is 1.06. The van der Waals surface area contributed by atoms with Gasteiger partial charge in [-0.1, -0.05) is 23.6 Å². The van der Waals surface area contributed by atoms with Crippen LogP contribution in [0.4, 0.5) is 18.9 Å². The molecule has 2 aliphatic heterocycles. The molecule has 1 spiro atoms. The highest BCUT2D eigenvalue weighted by molar-refractivity contribution is 6.33. The summed E-state index contributed by atoms with van der Waals surface area (Å²) in [7, 11) is 0. The lowest BCUT2D eigenvalue weighted by Gasteiger charge is -2.57. The maximum atomic E-state index is 14.7. The molecule has 2 N–H and O–H groups in total. The number of alkyl halides is 3. The fourth-order valence-electron chi connectivity index (χ4n) is 8.50. The van der Waals surface area contributed by atoms with Crippen molar-refractivity contribution in [1.29, 1.82) is 0 Å². The van der Waals surface area contributed by atoms with E-state index in [4.69, 9.17) is 27.7 Å². The smallest absolute Gasteiger partial charge is 0.416 e. The number of aromatic nitrogens is 6. The Kier molecular flexibility index (Phi) is 8.34. The second-order valence-electron chi connectivity index (χ2n) is 13.8. The second-order valence-corrected chi connectivity index (χ2v) is 14.2. The number of aromatic hydroxyl groups is 1. The van der Waals surface area contributed by atoms with Crippen LogP contribution in [0.15, 0.2) is 35.4 Å². The molecule has 0 unspecified atom stereocenters. The molecule has 5 heterocycles. The molecule has 4 atom stereocenters. The summed E-state index contributed by atoms with van der Waals surface area (Å²) in [4.78, 5) is 56.7. The number of nitrogens with one attached hydrogen (secondary N) is 1. The molecule has 4 aromatic rings. The number of anilines is 1. The van der Waals surface area contributed by atoms with Crippen molar-refractivity contribution in [3.63, 3.8) is 0 Å². The summed E-state index contributed by atoms with van der Waals surface area (Å²) >= 11 is 6.17. The van der Waals surface area contributed by atoms with Crippen LogP contribution in [0.3, 0.4) is 0 Å². The monoisotopic (exact) mass is 748 g/mol. The van der Waals surface area contributed by atoms with Crippen LogP contribution in [-0.2, 0) is 27.7 Å². The third-order valence-electron chi connectivity index (χ3n) is 11.1. The number of hydrogen-bond acceptors (Lipinski definition) is 9. The number of piperidine rings is 1. The first-order chi connectivity index (χ1) is 25.3. The second kappa shape index (κ2) is 12.7. The summed E-state index contributed by atoms with van der Waals surface area (Å²) in [6.07, 6.45) is 7.22. The van der Waals surface area contributed by atoms with E-state index in [1.807, 2.05) is 6.08 Å². The van der Waals surface area contributed by atoms with Crippen molar-refractivity contribution >= 4 is 40.5 Å². The van der Waals surface area contributed by atoms with E-state index >= 15 is 0 Å². The van der Waals surface area contributed by atoms with Crippen LogP contribution in [0, 0.1) is 25.2 Å². The molecule has 1 aromatic carbocycles. The molecule has 274 valence electrons. The van der Waals surface area contributed by atoms with E-state index in [0.29, 0.717) is 62.4 Å². The highest BCUT2D eigenvalue weighted by Crippen LogP contribution is 2.59. The average molecular weight is 749 g/mol. The fourth-order valence-corrected chi connectivity index (χ4v) is 8.73. The Morgan fingerprint density at radius 3 is 2.74 bits per heavy atom. The molecular weight excluding hydrogens is 717 g/mol. The first-order valence-electron chi connectivity index (χ1n) is 17.1. The Morgan fingerprint density at radius 1 is 1.25 bits per heavy atom. The summed E-state index contributed by atoms with van der Waals surface area (Å²) < 4.78 is 48.1. The summed E-state index contributed by atoms with van der Waals surface area (Å²) in [5, 5.41) is 17.5. The van der Waals surface area contributed by atoms with Crippen LogP contribution in [0.5, 0.6) is 5.75 Å². The highest BCUT2D eigenvalue weighted by atomic mass is 35.5. The number of carbonyl (C=O) groups excluding carboxylic acids is 2. The number of benzene rings is 1. The molecule has 2 amide bonds. The van der Waals surface area contributed by atoms with Crippen molar-refractivity contribution in [2.45, 2.75) is 69.1 Å². The van der Waals surface area contributed by atoms with Crippen LogP contribution < -0.4 is 10.9 Å². The molecule has 2 aliphatic carbocycles. The van der Waals surface area contributed by atoms with Crippen LogP contribution in [-0.4, -0.2) is 76.8 Å². The Bertz CT molecular complexity index is 2350. The van der Waals surface area contributed by atoms with Crippen molar-refractivity contribution in [3.8, 4) is 18.1 Å². The first kappa shape index (κ1) is 34.8. The standard InChI is InChI=1S/C36H32ClF3N8O5/c1-3-19-15-35(10-11-46(25-7-5-22(25)35)33(52)28-30(50)18(2)41-17-42-28)27-29(19)47(16-26(49)43-24-6-4-21(14-23(24)37)36(38,39)40)34-44-31(45-48(34)32(27)51)20-8-12-53-13-9-20/h1,4,6,8,14,17,19,22,25,50H,5,7,9-13,15-16H2,2H3,(H,43,49)/t19-,22+,25-,35+/m0/s1. The lowest BCUT2D eigenvalue weighted by Crippen LogP contribution is -2.63. The van der Waals surface area contributed by atoms with Crippen molar-refractivity contribution in [2.75, 3.05) is 25.1 Å². The van der Waals surface area contributed by atoms with Gasteiger partial charge in [-0.3, -0.25) is 14.4 Å². The molecule has 1 saturated heterocycles. The zero-order valence-electron chi connectivity index (χ0n) is 28.3. The van der Waals surface area contributed by atoms with Gasteiger partial charge in [0.05, 0.1) is 41.1 Å². The lowest BCUT2D eigenvalue weighted by molar-refractivity contribution is -0.137. The van der Waals surface area contributed by atoms with Gasteiger partial charge in [0, 0.05) is 29.3 Å². The lowest BCUT2D eigenvalue weighted by atomic mass is 9.55. The molecule has 0 bridgehead atoms. The van der Waals surface area contributed by atoms with Gasteiger partial charge in [0.25, 0.3) is 11.5 Å². The van der Waals surface area contributed by atoms with Crippen molar-refractivity contribution in [3.05, 3.63) is 80.0 Å². The number of rotatable bonds is 5. The van der Waals surface area contributed by atoms with Gasteiger partial charge in [-0.05, 0) is 68.7 Å². The fraction of sp³-hybridized carbons (Fsp3) is 0.417. The molecule has 53 heavy (non-hydrogen) atoms. The van der Waals surface area contributed by atoms with Gasteiger partial charge in [-0.2, -0.15) is 22.7 Å². The molecule has 3 aromatic heterocycles. The molecule has 8 rings (SSSR count). The number of amides is 2. The van der Waals surface area contributed by atoms with E-state index in [0.717, 1.165) is 23.8 Å². The van der Waals surface area contributed by atoms with Crippen molar-refractivity contribution < 1.29 is 32.6 Å². The quantitative estimate of drug-likeness (QED) is 0.281. The van der Waals surface area contributed by atoms with Gasteiger partial charge in [-0.25, -0.2) is 9.97 Å². The summed E-state index contributed by atoms with van der Waals surface area (Å²) in [6, 6.07) is 2.36. The van der Waals surface area contributed by atoms with Crippen molar-refractivity contribution in [1.82, 2.24) is 34.0 Å². The molecule has 13 nitrogen and oxygen atoms in total. The molecule has 2 fully saturated rings. The minimum atomic E-state index is -4.63. The zero-order valence-corrected chi connectivity index (χ0v) is 29.0. The topological polar surface area (TPSA) is 157 Å². The number of aryl methyl sites for hydroxylation is 1. The number of halogens is 4. The average Bonchev–Trinajstić information content (AvgIpc) is 3.70. The largest absolute Gasteiger partial charge is 0.504 e. The number of fused-ring (bicyclic) bond motifs is 5. The van der Waals surface area contributed by atoms with Crippen molar-refractivity contribution in [2.24, 2.45) is 5.92 Å². The number of ether oxygens (including phenoxy) is 1. The van der Waals surface area contributed by atoms with E-state index in [2.05, 4.69) is 26.3 Å². The van der Waals surface area contributed by atoms with Crippen LogP contribution >= 0.6 is 11.6 Å². The highest BCUT2D eigenvalue weighted by Gasteiger charge is 2.60.